The highest BCUT2D eigenvalue weighted by Gasteiger charge is 2.36. The maximum atomic E-state index is 5.54. The van der Waals surface area contributed by atoms with E-state index in [1.165, 1.54) is 32.1 Å². The fourth-order valence-corrected chi connectivity index (χ4v) is 2.62. The molecule has 0 atom stereocenters. The second-order valence-electron chi connectivity index (χ2n) is 5.18. The molecule has 2 fully saturated rings. The maximum absolute atomic E-state index is 5.54. The summed E-state index contributed by atoms with van der Waals surface area (Å²) in [5, 5.41) is 3.37. The van der Waals surface area contributed by atoms with Gasteiger partial charge < -0.3 is 10.1 Å². The lowest BCUT2D eigenvalue weighted by molar-refractivity contribution is -0.0630. The fourth-order valence-electron chi connectivity index (χ4n) is 2.62. The molecule has 17 heavy (non-hydrogen) atoms. The molecule has 0 aromatic rings. The summed E-state index contributed by atoms with van der Waals surface area (Å²) in [5.74, 6) is 6.21. The molecule has 5 heteroatoms. The van der Waals surface area contributed by atoms with E-state index in [0.717, 1.165) is 12.8 Å². The van der Waals surface area contributed by atoms with Gasteiger partial charge in [-0.15, -0.1) is 0 Å². The third-order valence-corrected chi connectivity index (χ3v) is 4.06. The van der Waals surface area contributed by atoms with E-state index < -0.39 is 0 Å². The molecule has 0 aliphatic heterocycles. The van der Waals surface area contributed by atoms with Gasteiger partial charge in [-0.05, 0) is 32.1 Å². The second-order valence-corrected chi connectivity index (χ2v) is 5.18. The Kier molecular flexibility index (Phi) is 4.23. The number of hydrogen-bond donors (Lipinski definition) is 3. The molecule has 0 unspecified atom stereocenters. The van der Waals surface area contributed by atoms with Crippen molar-refractivity contribution in [2.75, 3.05) is 13.7 Å². The van der Waals surface area contributed by atoms with Gasteiger partial charge in [0, 0.05) is 13.2 Å². The lowest BCUT2D eigenvalue weighted by atomic mass is 9.80. The van der Waals surface area contributed by atoms with Crippen LogP contribution in [-0.4, -0.2) is 31.3 Å². The minimum absolute atomic E-state index is 0.0283. The minimum Gasteiger partial charge on any atom is -0.376 e. The molecule has 0 heterocycles. The molecular weight excluding hydrogens is 216 g/mol. The minimum atomic E-state index is -0.0283. The summed E-state index contributed by atoms with van der Waals surface area (Å²) < 4.78 is 5.54. The van der Waals surface area contributed by atoms with Gasteiger partial charge in [0.25, 0.3) is 0 Å². The number of rotatable bonds is 4. The van der Waals surface area contributed by atoms with Crippen LogP contribution in [0.3, 0.4) is 0 Å². The summed E-state index contributed by atoms with van der Waals surface area (Å²) in [7, 11) is 1.77. The van der Waals surface area contributed by atoms with E-state index in [-0.39, 0.29) is 5.60 Å². The Hall–Kier alpha value is -0.810. The molecule has 0 aromatic carbocycles. The van der Waals surface area contributed by atoms with Crippen LogP contribution >= 0.6 is 0 Å². The Balaban J connectivity index is 1.83. The predicted molar refractivity (Wildman–Crippen MR) is 68.6 cm³/mol. The van der Waals surface area contributed by atoms with Crippen LogP contribution in [0.2, 0.25) is 0 Å². The third kappa shape index (κ3) is 3.10. The molecule has 0 bridgehead atoms. The maximum Gasteiger partial charge on any atom is 0.206 e. The van der Waals surface area contributed by atoms with E-state index in [9.17, 15) is 0 Å². The first-order chi connectivity index (χ1) is 8.28. The summed E-state index contributed by atoms with van der Waals surface area (Å²) in [6, 6.07) is 0.532. The van der Waals surface area contributed by atoms with Gasteiger partial charge in [0.2, 0.25) is 5.96 Å². The first kappa shape index (κ1) is 12.6. The molecule has 0 spiro atoms. The predicted octanol–water partition coefficient (Wildman–Crippen LogP) is 0.907. The lowest BCUT2D eigenvalue weighted by Crippen LogP contribution is -2.48. The average molecular weight is 240 g/mol. The van der Waals surface area contributed by atoms with Crippen molar-refractivity contribution in [3.05, 3.63) is 0 Å². The van der Waals surface area contributed by atoms with Crippen molar-refractivity contribution in [2.24, 2.45) is 10.8 Å². The Bertz CT molecular complexity index is 264. The smallest absolute Gasteiger partial charge is 0.206 e. The van der Waals surface area contributed by atoms with Crippen molar-refractivity contribution in [1.82, 2.24) is 10.7 Å². The molecule has 0 saturated heterocycles. The van der Waals surface area contributed by atoms with Crippen molar-refractivity contribution in [2.45, 2.75) is 56.6 Å². The van der Waals surface area contributed by atoms with Crippen LogP contribution in [0.15, 0.2) is 4.99 Å². The van der Waals surface area contributed by atoms with Crippen molar-refractivity contribution in [3.63, 3.8) is 0 Å². The number of nitrogens with zero attached hydrogens (tertiary/aromatic N) is 1. The summed E-state index contributed by atoms with van der Waals surface area (Å²) >= 11 is 0. The van der Waals surface area contributed by atoms with Gasteiger partial charge in [0.1, 0.15) is 0 Å². The summed E-state index contributed by atoms with van der Waals surface area (Å²) in [4.78, 5) is 4.52. The van der Waals surface area contributed by atoms with Gasteiger partial charge in [0.15, 0.2) is 0 Å². The van der Waals surface area contributed by atoms with Gasteiger partial charge in [-0.25, -0.2) is 10.8 Å². The van der Waals surface area contributed by atoms with E-state index in [4.69, 9.17) is 10.6 Å². The van der Waals surface area contributed by atoms with Gasteiger partial charge in [-0.1, -0.05) is 12.8 Å². The Labute approximate surface area is 103 Å². The van der Waals surface area contributed by atoms with Gasteiger partial charge in [-0.2, -0.15) is 0 Å². The second kappa shape index (κ2) is 5.69. The molecule has 4 N–H and O–H groups in total. The monoisotopic (exact) mass is 240 g/mol. The Morgan fingerprint density at radius 3 is 2.53 bits per heavy atom. The van der Waals surface area contributed by atoms with Crippen LogP contribution in [-0.2, 0) is 4.74 Å². The highest BCUT2D eigenvalue weighted by molar-refractivity contribution is 5.79. The Morgan fingerprint density at radius 1 is 1.35 bits per heavy atom. The number of guanidine groups is 1. The normalized spacial score (nSPS) is 24.5. The summed E-state index contributed by atoms with van der Waals surface area (Å²) in [5.41, 5.74) is 2.63. The van der Waals surface area contributed by atoms with Crippen LogP contribution in [0.25, 0.3) is 0 Å². The standard InChI is InChI=1S/C12H24N4O/c1-17-12(7-4-8-12)9-14-11(16-13)15-10-5-2-3-6-10/h10H,2-9,13H2,1H3,(H2,14,15,16). The first-order valence-electron chi connectivity index (χ1n) is 6.61. The van der Waals surface area contributed by atoms with Gasteiger partial charge in [-0.3, -0.25) is 5.43 Å². The Morgan fingerprint density at radius 2 is 2.06 bits per heavy atom. The highest BCUT2D eigenvalue weighted by atomic mass is 16.5. The quantitative estimate of drug-likeness (QED) is 0.295. The molecule has 0 radical (unpaired) electrons. The number of ether oxygens (including phenoxy) is 1. The summed E-state index contributed by atoms with van der Waals surface area (Å²) in [6.45, 7) is 0.697. The van der Waals surface area contributed by atoms with E-state index in [1.807, 2.05) is 0 Å². The SMILES string of the molecule is COC1(CN=C(NN)NC2CCCC2)CCC1. The zero-order valence-corrected chi connectivity index (χ0v) is 10.7. The summed E-state index contributed by atoms with van der Waals surface area (Å²) in [6.07, 6.45) is 8.49. The average Bonchev–Trinajstić information content (AvgIpc) is 2.79. The lowest BCUT2D eigenvalue weighted by Gasteiger charge is -2.39. The zero-order chi connectivity index (χ0) is 12.1. The van der Waals surface area contributed by atoms with Crippen LogP contribution < -0.4 is 16.6 Å². The number of nitrogens with two attached hydrogens (primary N) is 1. The van der Waals surface area contributed by atoms with E-state index in [2.05, 4.69) is 15.7 Å². The van der Waals surface area contributed by atoms with Crippen LogP contribution in [0.5, 0.6) is 0 Å². The van der Waals surface area contributed by atoms with E-state index in [0.29, 0.717) is 18.5 Å². The van der Waals surface area contributed by atoms with E-state index >= 15 is 0 Å². The fraction of sp³-hybridized carbons (Fsp3) is 0.917. The third-order valence-electron chi connectivity index (χ3n) is 4.06. The molecule has 2 saturated carbocycles. The van der Waals surface area contributed by atoms with Crippen LogP contribution in [0.1, 0.15) is 44.9 Å². The number of hydrazine groups is 1. The van der Waals surface area contributed by atoms with Crippen LogP contribution in [0, 0.1) is 0 Å². The van der Waals surface area contributed by atoms with Gasteiger partial charge >= 0.3 is 0 Å². The topological polar surface area (TPSA) is 71.7 Å². The number of aliphatic imine (C=N–C) groups is 1. The molecule has 0 aromatic heterocycles. The van der Waals surface area contributed by atoms with Crippen molar-refractivity contribution < 1.29 is 4.74 Å². The van der Waals surface area contributed by atoms with Gasteiger partial charge in [0.05, 0.1) is 12.1 Å². The molecule has 2 rings (SSSR count). The van der Waals surface area contributed by atoms with Crippen LogP contribution in [0.4, 0.5) is 0 Å². The molecule has 0 amide bonds. The first-order valence-corrected chi connectivity index (χ1v) is 6.61. The largest absolute Gasteiger partial charge is 0.376 e. The highest BCUT2D eigenvalue weighted by Crippen LogP contribution is 2.35. The molecule has 2 aliphatic rings. The number of nitrogens with one attached hydrogen (secondary N) is 2. The zero-order valence-electron chi connectivity index (χ0n) is 10.7. The number of methoxy groups -OCH3 is 1. The van der Waals surface area contributed by atoms with Crippen molar-refractivity contribution in [3.8, 4) is 0 Å². The van der Waals surface area contributed by atoms with E-state index in [1.54, 1.807) is 7.11 Å². The van der Waals surface area contributed by atoms with Crippen molar-refractivity contribution in [1.29, 1.82) is 0 Å². The number of hydrogen-bond acceptors (Lipinski definition) is 3. The molecule has 98 valence electrons. The molecule has 5 nitrogen and oxygen atoms in total. The molecule has 2 aliphatic carbocycles. The van der Waals surface area contributed by atoms with Crippen molar-refractivity contribution >= 4 is 5.96 Å². The molecular formula is C12H24N4O.